The Bertz CT molecular complexity index is 1060. The summed E-state index contributed by atoms with van der Waals surface area (Å²) in [4.78, 5) is 22.4. The molecule has 1 amide bonds. The number of nitrogens with zero attached hydrogens (tertiary/aromatic N) is 1. The Morgan fingerprint density at radius 2 is 1.68 bits per heavy atom. The molecule has 0 aliphatic rings. The second-order valence-electron chi connectivity index (χ2n) is 6.59. The summed E-state index contributed by atoms with van der Waals surface area (Å²) in [6.07, 6.45) is -5.12. The number of nitro benzene ring substituents is 1. The first-order valence-corrected chi connectivity index (χ1v) is 8.93. The molecule has 0 saturated heterocycles. The number of hydrogen-bond donors (Lipinski definition) is 1. The highest BCUT2D eigenvalue weighted by atomic mass is 19.4. The summed E-state index contributed by atoms with van der Waals surface area (Å²) in [6, 6.07) is 7.99. The van der Waals surface area contributed by atoms with E-state index < -0.39 is 58.6 Å². The van der Waals surface area contributed by atoms with Gasteiger partial charge in [0.05, 0.1) is 17.7 Å². The highest BCUT2D eigenvalue weighted by molar-refractivity contribution is 6.05. The molecule has 0 atom stereocenters. The van der Waals surface area contributed by atoms with Crippen molar-refractivity contribution >= 4 is 17.3 Å². The number of carbonyl (C=O) groups excluding carboxylic acids is 1. The lowest BCUT2D eigenvalue weighted by Gasteiger charge is -2.31. The van der Waals surface area contributed by atoms with Crippen LogP contribution in [0.5, 0.6) is 11.5 Å². The van der Waals surface area contributed by atoms with Crippen LogP contribution in [0.2, 0.25) is 0 Å². The fourth-order valence-corrected chi connectivity index (χ4v) is 2.51. The van der Waals surface area contributed by atoms with Gasteiger partial charge >= 0.3 is 29.9 Å². The molecule has 186 valence electrons. The second kappa shape index (κ2) is 9.69. The fraction of sp³-hybridized carbons (Fsp3) is 0.316. The minimum Gasteiger partial charge on any atom is -0.495 e. The summed E-state index contributed by atoms with van der Waals surface area (Å²) in [5.74, 6) is -20.6. The van der Waals surface area contributed by atoms with Gasteiger partial charge in [-0.05, 0) is 24.3 Å². The SMILES string of the molecule is COc1ccccc1NC(=O)c1ccc(OCC(F)(F)C(F)(F)C(F)(F)C(F)F)c([N+](=O)[O-])c1. The molecule has 2 aromatic carbocycles. The number of anilines is 1. The van der Waals surface area contributed by atoms with Crippen molar-refractivity contribution in [3.8, 4) is 11.5 Å². The number of benzene rings is 2. The third-order valence-corrected chi connectivity index (χ3v) is 4.33. The standard InChI is InChI=1S/C19H14F8N2O5/c1-33-13-5-3-2-4-11(13)28-15(30)10-6-7-14(12(8-10)29(31)32)34-9-17(22,23)19(26,27)18(24,25)16(20)21/h2-8,16H,9H2,1H3,(H,28,30). The van der Waals surface area contributed by atoms with E-state index in [1.807, 2.05) is 0 Å². The molecule has 0 aliphatic carbocycles. The van der Waals surface area contributed by atoms with Gasteiger partial charge in [-0.25, -0.2) is 8.78 Å². The fourth-order valence-electron chi connectivity index (χ4n) is 2.51. The number of nitro groups is 1. The molecule has 0 fully saturated rings. The molecule has 15 heteroatoms. The van der Waals surface area contributed by atoms with Crippen molar-refractivity contribution in [3.63, 3.8) is 0 Å². The van der Waals surface area contributed by atoms with Crippen LogP contribution in [0.3, 0.4) is 0 Å². The lowest BCUT2D eigenvalue weighted by atomic mass is 10.1. The molecule has 0 spiro atoms. The average molecular weight is 502 g/mol. The molecule has 34 heavy (non-hydrogen) atoms. The summed E-state index contributed by atoms with van der Waals surface area (Å²) in [7, 11) is 1.30. The van der Waals surface area contributed by atoms with Crippen LogP contribution in [0.25, 0.3) is 0 Å². The predicted molar refractivity (Wildman–Crippen MR) is 100 cm³/mol. The van der Waals surface area contributed by atoms with Crippen molar-refractivity contribution in [2.45, 2.75) is 24.2 Å². The average Bonchev–Trinajstić information content (AvgIpc) is 2.77. The van der Waals surface area contributed by atoms with E-state index in [1.165, 1.54) is 25.3 Å². The van der Waals surface area contributed by atoms with Crippen LogP contribution < -0.4 is 14.8 Å². The minimum absolute atomic E-state index is 0.166. The van der Waals surface area contributed by atoms with E-state index in [0.717, 1.165) is 6.07 Å². The maximum absolute atomic E-state index is 13.7. The van der Waals surface area contributed by atoms with Gasteiger partial charge in [-0.1, -0.05) is 12.1 Å². The van der Waals surface area contributed by atoms with Crippen LogP contribution in [0.4, 0.5) is 46.5 Å². The van der Waals surface area contributed by atoms with E-state index in [9.17, 15) is 50.0 Å². The van der Waals surface area contributed by atoms with Crippen molar-refractivity contribution in [3.05, 3.63) is 58.1 Å². The van der Waals surface area contributed by atoms with Gasteiger partial charge in [-0.3, -0.25) is 14.9 Å². The highest BCUT2D eigenvalue weighted by Crippen LogP contribution is 2.48. The Morgan fingerprint density at radius 3 is 2.24 bits per heavy atom. The number of para-hydroxylation sites is 2. The zero-order valence-corrected chi connectivity index (χ0v) is 16.8. The van der Waals surface area contributed by atoms with Crippen LogP contribution in [0.15, 0.2) is 42.5 Å². The summed E-state index contributed by atoms with van der Waals surface area (Å²) in [6.45, 7) is -2.60. The molecule has 2 rings (SSSR count). The molecule has 0 aromatic heterocycles. The maximum atomic E-state index is 13.7. The van der Waals surface area contributed by atoms with Crippen LogP contribution in [-0.2, 0) is 0 Å². The van der Waals surface area contributed by atoms with Gasteiger partial charge in [0.15, 0.2) is 12.4 Å². The number of hydrogen-bond acceptors (Lipinski definition) is 5. The molecule has 0 saturated carbocycles. The maximum Gasteiger partial charge on any atom is 0.381 e. The van der Waals surface area contributed by atoms with Gasteiger partial charge < -0.3 is 14.8 Å². The third kappa shape index (κ3) is 5.12. The third-order valence-electron chi connectivity index (χ3n) is 4.33. The first-order valence-electron chi connectivity index (χ1n) is 8.93. The van der Waals surface area contributed by atoms with Crippen molar-refractivity contribution in [1.82, 2.24) is 0 Å². The van der Waals surface area contributed by atoms with E-state index in [2.05, 4.69) is 10.1 Å². The smallest absolute Gasteiger partial charge is 0.381 e. The first kappa shape index (κ1) is 26.6. The van der Waals surface area contributed by atoms with Crippen molar-refractivity contribution in [1.29, 1.82) is 0 Å². The number of carbonyl (C=O) groups is 1. The zero-order chi connectivity index (χ0) is 25.9. The molecular formula is C19H14F8N2O5. The van der Waals surface area contributed by atoms with E-state index in [0.29, 0.717) is 12.1 Å². The first-order chi connectivity index (χ1) is 15.7. The molecule has 1 N–H and O–H groups in total. The van der Waals surface area contributed by atoms with Crippen LogP contribution >= 0.6 is 0 Å². The van der Waals surface area contributed by atoms with Crippen LogP contribution in [0, 0.1) is 10.1 Å². The summed E-state index contributed by atoms with van der Waals surface area (Å²) >= 11 is 0. The largest absolute Gasteiger partial charge is 0.495 e. The Kier molecular flexibility index (Phi) is 7.58. The normalized spacial score (nSPS) is 12.4. The predicted octanol–water partition coefficient (Wildman–Crippen LogP) is 5.41. The summed E-state index contributed by atoms with van der Waals surface area (Å²) in [5.41, 5.74) is -1.39. The number of nitrogens with one attached hydrogen (secondary N) is 1. The van der Waals surface area contributed by atoms with Gasteiger partial charge in [0.25, 0.3) is 5.91 Å². The van der Waals surface area contributed by atoms with Crippen molar-refractivity contribution in [2.24, 2.45) is 0 Å². The zero-order valence-electron chi connectivity index (χ0n) is 16.8. The lowest BCUT2D eigenvalue weighted by molar-refractivity contribution is -0.386. The summed E-state index contributed by atoms with van der Waals surface area (Å²) < 4.78 is 113. The second-order valence-corrected chi connectivity index (χ2v) is 6.59. The molecule has 0 heterocycles. The number of halogens is 8. The van der Waals surface area contributed by atoms with Crippen molar-refractivity contribution < 1.29 is 54.3 Å². The number of ether oxygens (including phenoxy) is 2. The number of alkyl halides is 8. The van der Waals surface area contributed by atoms with E-state index >= 15 is 0 Å². The van der Waals surface area contributed by atoms with Crippen LogP contribution in [-0.4, -0.2) is 48.7 Å². The minimum atomic E-state index is -6.54. The Labute approximate surface area is 185 Å². The van der Waals surface area contributed by atoms with Gasteiger partial charge in [0.2, 0.25) is 0 Å². The van der Waals surface area contributed by atoms with Gasteiger partial charge in [-0.15, -0.1) is 0 Å². The number of methoxy groups -OCH3 is 1. The quantitative estimate of drug-likeness (QED) is 0.267. The van der Waals surface area contributed by atoms with Gasteiger partial charge in [0.1, 0.15) is 5.75 Å². The van der Waals surface area contributed by atoms with Gasteiger partial charge in [-0.2, -0.15) is 26.3 Å². The van der Waals surface area contributed by atoms with E-state index in [1.54, 1.807) is 6.07 Å². The van der Waals surface area contributed by atoms with Crippen LogP contribution in [0.1, 0.15) is 10.4 Å². The van der Waals surface area contributed by atoms with Gasteiger partial charge in [0, 0.05) is 11.6 Å². The molecule has 2 aromatic rings. The monoisotopic (exact) mass is 502 g/mol. The number of amides is 1. The lowest BCUT2D eigenvalue weighted by Crippen LogP contribution is -2.59. The molecule has 0 aliphatic heterocycles. The Balaban J connectivity index is 2.28. The highest BCUT2D eigenvalue weighted by Gasteiger charge is 2.75. The summed E-state index contributed by atoms with van der Waals surface area (Å²) in [5, 5.41) is 13.6. The van der Waals surface area contributed by atoms with E-state index in [4.69, 9.17) is 4.74 Å². The van der Waals surface area contributed by atoms with E-state index in [-0.39, 0.29) is 11.4 Å². The molecular weight excluding hydrogens is 488 g/mol. The number of rotatable bonds is 10. The van der Waals surface area contributed by atoms with Crippen molar-refractivity contribution in [2.75, 3.05) is 19.0 Å². The molecule has 0 radical (unpaired) electrons. The Morgan fingerprint density at radius 1 is 1.06 bits per heavy atom. The topological polar surface area (TPSA) is 90.7 Å². The molecule has 0 bridgehead atoms. The molecule has 0 unspecified atom stereocenters. The molecule has 7 nitrogen and oxygen atoms in total. The Hall–Kier alpha value is -3.65.